The van der Waals surface area contributed by atoms with E-state index in [4.69, 9.17) is 52.6 Å². The average Bonchev–Trinajstić information content (AvgIpc) is 1.85. The van der Waals surface area contributed by atoms with E-state index in [1.54, 1.807) is 72.3 Å². The SMILES string of the molecule is CCn1cnc2c(O[C@H](C)[C@H]3CNC(=O)C3)nc(-c3ccc(OC)c(OC)c3)cc21.COc1ccc(-c2cc3[nH]cnc3c(O[C@H](C)[C@H]3CNC(=O)C3)n2)cc1OC.COc1ccc(-c2cc3ncn(CC(F)(F)F)c3c(O[C@H](C)[C@H]3CNC(=O)C3)n2)cc1OC. The first kappa shape index (κ1) is 63.9. The van der Waals surface area contributed by atoms with Gasteiger partial charge in [0, 0.05) is 79.9 Å². The number of hydrogen-bond donors (Lipinski definition) is 4. The highest BCUT2D eigenvalue weighted by molar-refractivity contribution is 5.87. The van der Waals surface area contributed by atoms with Gasteiger partial charge in [0.25, 0.3) is 0 Å². The van der Waals surface area contributed by atoms with Gasteiger partial charge in [-0.25, -0.2) is 29.9 Å². The lowest BCUT2D eigenvalue weighted by molar-refractivity contribution is -0.140. The molecule has 6 aromatic heterocycles. The minimum absolute atomic E-state index is 0.0193. The number of carbonyl (C=O) groups excluding carboxylic acids is 3. The molecule has 9 heterocycles. The lowest BCUT2D eigenvalue weighted by Crippen LogP contribution is -2.26. The number of pyridine rings is 3. The quantitative estimate of drug-likeness (QED) is 0.0553. The maximum atomic E-state index is 13.1. The Balaban J connectivity index is 0.000000150. The number of imidazole rings is 3. The van der Waals surface area contributed by atoms with Crippen LogP contribution in [-0.4, -0.2) is 149 Å². The third-order valence-electron chi connectivity index (χ3n) is 16.2. The molecule has 9 aromatic rings. The van der Waals surface area contributed by atoms with Gasteiger partial charge in [-0.2, -0.15) is 13.2 Å². The Hall–Kier alpha value is -10.1. The smallest absolute Gasteiger partial charge is 0.406 e. The second kappa shape index (κ2) is 27.8. The van der Waals surface area contributed by atoms with Crippen LogP contribution in [0.5, 0.6) is 52.1 Å². The molecule has 6 atom stereocenters. The van der Waals surface area contributed by atoms with Crippen LogP contribution in [-0.2, 0) is 27.5 Å². The van der Waals surface area contributed by atoms with Crippen LogP contribution in [0.4, 0.5) is 13.2 Å². The molecule has 0 spiro atoms. The fourth-order valence-electron chi connectivity index (χ4n) is 10.9. The fraction of sp³-hybridized carbons (Fsp3) is 0.391. The van der Waals surface area contributed by atoms with E-state index in [0.29, 0.717) is 107 Å². The predicted molar refractivity (Wildman–Crippen MR) is 330 cm³/mol. The average molecular weight is 1260 g/mol. The molecular formula is C64H71F3N12O12. The van der Waals surface area contributed by atoms with Crippen molar-refractivity contribution in [1.82, 2.24) is 60.0 Å². The molecule has 3 amide bonds. The van der Waals surface area contributed by atoms with Gasteiger partial charge in [-0.1, -0.05) is 0 Å². The van der Waals surface area contributed by atoms with E-state index in [0.717, 1.165) is 51.0 Å². The standard InChI is InChI=1S/C22H23F3N4O4.C22H26N4O4.C20H22N4O4/c1-12(14-7-19(30)26-9-14)33-21-20-16(27-11-29(20)10-22(23,24)25)8-15(28-21)13-4-5-17(31-2)18(6-13)32-3;1-5-26-12-24-21-17(26)10-16(14-6-7-18(28-3)19(8-14)29-4)25-22(21)30-13(2)15-9-20(27)23-11-15;1-11(13-7-18(25)21-9-13)28-20-19-15(22-10-23-19)8-14(24-20)12-4-5-16(26-2)17(6-12)27-3/h4-6,8,11-12,14H,7,9-10H2,1-3H3,(H,26,30);6-8,10,12-13,15H,5,9,11H2,1-4H3,(H,23,27);4-6,8,10-11,13H,7,9H2,1-3H3,(H,21,25)(H,22,23)/t12-,14-;13-,15-;11-,13-/m111/s1. The van der Waals surface area contributed by atoms with Crippen LogP contribution in [0.15, 0.2) is 91.8 Å². The van der Waals surface area contributed by atoms with E-state index < -0.39 is 18.8 Å². The largest absolute Gasteiger partial charge is 0.493 e. The molecule has 27 heteroatoms. The zero-order chi connectivity index (χ0) is 64.7. The molecular weight excluding hydrogens is 1190 g/mol. The number of H-pyrrole nitrogens is 1. The van der Waals surface area contributed by atoms with E-state index in [-0.39, 0.29) is 65.5 Å². The third kappa shape index (κ3) is 14.5. The van der Waals surface area contributed by atoms with Gasteiger partial charge in [0.15, 0.2) is 45.5 Å². The summed E-state index contributed by atoms with van der Waals surface area (Å²) >= 11 is 0. The van der Waals surface area contributed by atoms with Crippen LogP contribution in [0.2, 0.25) is 0 Å². The lowest BCUT2D eigenvalue weighted by Gasteiger charge is -2.20. The van der Waals surface area contributed by atoms with Crippen LogP contribution in [0.25, 0.3) is 66.9 Å². The monoisotopic (exact) mass is 1260 g/mol. The first-order chi connectivity index (χ1) is 43.8. The number of ether oxygens (including phenoxy) is 9. The summed E-state index contributed by atoms with van der Waals surface area (Å²) in [4.78, 5) is 64.9. The number of nitrogens with one attached hydrogen (secondary N) is 4. The van der Waals surface area contributed by atoms with Gasteiger partial charge in [0.1, 0.15) is 30.4 Å². The van der Waals surface area contributed by atoms with Gasteiger partial charge in [-0.15, -0.1) is 0 Å². The molecule has 24 nitrogen and oxygen atoms in total. The number of aryl methyl sites for hydroxylation is 1. The van der Waals surface area contributed by atoms with Crippen molar-refractivity contribution in [3.05, 3.63) is 91.8 Å². The molecule has 3 aliphatic heterocycles. The second-order valence-corrected chi connectivity index (χ2v) is 22.0. The molecule has 3 aliphatic rings. The highest BCUT2D eigenvalue weighted by Gasteiger charge is 2.34. The number of nitrogens with zero attached hydrogens (tertiary/aromatic N) is 8. The third-order valence-corrected chi connectivity index (χ3v) is 16.2. The summed E-state index contributed by atoms with van der Waals surface area (Å²) < 4.78 is 93.0. The molecule has 0 bridgehead atoms. The molecule has 0 aliphatic carbocycles. The van der Waals surface area contributed by atoms with Crippen molar-refractivity contribution in [1.29, 1.82) is 0 Å². The molecule has 3 fully saturated rings. The predicted octanol–water partition coefficient (Wildman–Crippen LogP) is 9.17. The molecule has 4 N–H and O–H groups in total. The number of fused-ring (bicyclic) bond motifs is 3. The Kier molecular flexibility index (Phi) is 19.5. The lowest BCUT2D eigenvalue weighted by atomic mass is 10.0. The molecule has 480 valence electrons. The van der Waals surface area contributed by atoms with Gasteiger partial charge in [-0.3, -0.25) is 14.4 Å². The molecule has 3 saturated heterocycles. The van der Waals surface area contributed by atoms with E-state index in [1.165, 1.54) is 14.2 Å². The summed E-state index contributed by atoms with van der Waals surface area (Å²) in [6.45, 7) is 8.97. The number of halogens is 3. The normalized spacial score (nSPS) is 17.2. The molecule has 0 saturated carbocycles. The maximum Gasteiger partial charge on any atom is 0.406 e. The van der Waals surface area contributed by atoms with Crippen molar-refractivity contribution in [3.63, 3.8) is 0 Å². The number of methoxy groups -OCH3 is 6. The van der Waals surface area contributed by atoms with Crippen molar-refractivity contribution >= 4 is 50.8 Å². The van der Waals surface area contributed by atoms with Crippen molar-refractivity contribution in [3.8, 4) is 85.9 Å². The topological polar surface area (TPSA) is 273 Å². The number of aromatic amines is 1. The second-order valence-electron chi connectivity index (χ2n) is 22.0. The van der Waals surface area contributed by atoms with Crippen LogP contribution in [0.3, 0.4) is 0 Å². The summed E-state index contributed by atoms with van der Waals surface area (Å²) in [7, 11) is 9.44. The zero-order valence-electron chi connectivity index (χ0n) is 51.9. The van der Waals surface area contributed by atoms with Gasteiger partial charge in [0.2, 0.25) is 35.4 Å². The van der Waals surface area contributed by atoms with Gasteiger partial charge < -0.3 is 72.7 Å². The summed E-state index contributed by atoms with van der Waals surface area (Å²) in [5.41, 5.74) is 7.91. The Bertz CT molecular complexity index is 4100. The van der Waals surface area contributed by atoms with Crippen LogP contribution >= 0.6 is 0 Å². The first-order valence-corrected chi connectivity index (χ1v) is 29.4. The highest BCUT2D eigenvalue weighted by atomic mass is 19.4. The summed E-state index contributed by atoms with van der Waals surface area (Å²) in [6, 6.07) is 22.0. The van der Waals surface area contributed by atoms with E-state index >= 15 is 0 Å². The highest BCUT2D eigenvalue weighted by Crippen LogP contribution is 2.39. The number of benzene rings is 3. The van der Waals surface area contributed by atoms with Crippen LogP contribution in [0, 0.1) is 17.8 Å². The number of rotatable bonds is 20. The van der Waals surface area contributed by atoms with E-state index in [9.17, 15) is 27.6 Å². The minimum atomic E-state index is -4.44. The van der Waals surface area contributed by atoms with E-state index in [2.05, 4.69) is 52.4 Å². The summed E-state index contributed by atoms with van der Waals surface area (Å²) in [6.07, 6.45) is 0.474. The molecule has 3 aromatic carbocycles. The molecule has 12 rings (SSSR count). The molecule has 0 unspecified atom stereocenters. The Morgan fingerprint density at radius 2 is 0.934 bits per heavy atom. The number of carbonyl (C=O) groups is 3. The Morgan fingerprint density at radius 3 is 1.36 bits per heavy atom. The van der Waals surface area contributed by atoms with Crippen molar-refractivity contribution in [2.75, 3.05) is 62.3 Å². The molecule has 91 heavy (non-hydrogen) atoms. The van der Waals surface area contributed by atoms with Crippen molar-refractivity contribution in [2.45, 2.75) is 84.5 Å². The fourth-order valence-corrected chi connectivity index (χ4v) is 10.9. The number of alkyl halides is 3. The molecule has 0 radical (unpaired) electrons. The number of aromatic nitrogens is 9. The van der Waals surface area contributed by atoms with Crippen molar-refractivity contribution in [2.24, 2.45) is 17.8 Å². The Morgan fingerprint density at radius 1 is 0.516 bits per heavy atom. The summed E-state index contributed by atoms with van der Waals surface area (Å²) in [5, 5.41) is 8.45. The summed E-state index contributed by atoms with van der Waals surface area (Å²) in [5.74, 6) is 4.60. The van der Waals surface area contributed by atoms with Crippen LogP contribution < -0.4 is 58.6 Å². The Labute approximate surface area is 521 Å². The first-order valence-electron chi connectivity index (χ1n) is 29.4. The van der Waals surface area contributed by atoms with Crippen molar-refractivity contribution < 1.29 is 70.2 Å². The van der Waals surface area contributed by atoms with E-state index in [1.807, 2.05) is 62.4 Å². The van der Waals surface area contributed by atoms with Crippen LogP contribution in [0.1, 0.15) is 47.0 Å². The van der Waals surface area contributed by atoms with Gasteiger partial charge >= 0.3 is 6.18 Å². The minimum Gasteiger partial charge on any atom is -0.493 e. The maximum absolute atomic E-state index is 13.1. The number of hydrogen-bond acceptors (Lipinski definition) is 18. The zero-order valence-corrected chi connectivity index (χ0v) is 51.9. The van der Waals surface area contributed by atoms with Gasteiger partial charge in [-0.05, 0) is 100 Å². The van der Waals surface area contributed by atoms with Gasteiger partial charge in [0.05, 0.1) is 95.3 Å². The number of amides is 3.